The zero-order valence-corrected chi connectivity index (χ0v) is 19.2. The van der Waals surface area contributed by atoms with Crippen LogP contribution in [0.4, 0.5) is 0 Å². The van der Waals surface area contributed by atoms with E-state index in [0.29, 0.717) is 12.1 Å². The van der Waals surface area contributed by atoms with Gasteiger partial charge in [-0.25, -0.2) is 0 Å². The number of furan rings is 1. The van der Waals surface area contributed by atoms with Crippen LogP contribution < -0.4 is 4.74 Å². The third-order valence-electron chi connectivity index (χ3n) is 5.93. The van der Waals surface area contributed by atoms with Gasteiger partial charge in [-0.1, -0.05) is 57.2 Å². The number of nitrogens with one attached hydrogen (secondary N) is 1. The lowest BCUT2D eigenvalue weighted by molar-refractivity contribution is 0.414. The van der Waals surface area contributed by atoms with E-state index in [4.69, 9.17) is 9.15 Å². The Morgan fingerprint density at radius 1 is 1.03 bits per heavy atom. The zero-order valence-electron chi connectivity index (χ0n) is 19.2. The molecule has 0 amide bonds. The number of rotatable bonds is 5. The molecule has 0 radical (unpaired) electrons. The number of aromatic nitrogens is 3. The standard InChI is InChI=1S/C27H27N3O3/c1-27(2,3)25-22-23(28-29-25)26(31)30(24(22)19-8-5-6-9-21(19)32-4)16-17-11-13-18(14-12-17)20-10-7-15-33-20/h5-15,28,31H,16H2,1-4H3. The summed E-state index contributed by atoms with van der Waals surface area (Å²) in [7, 11) is 1.66. The van der Waals surface area contributed by atoms with Crippen molar-refractivity contribution < 1.29 is 14.3 Å². The van der Waals surface area contributed by atoms with E-state index in [-0.39, 0.29) is 11.3 Å². The Kier molecular flexibility index (Phi) is 5.01. The van der Waals surface area contributed by atoms with Gasteiger partial charge in [-0.05, 0) is 29.8 Å². The monoisotopic (exact) mass is 441 g/mol. The average molecular weight is 442 g/mol. The van der Waals surface area contributed by atoms with Gasteiger partial charge in [-0.15, -0.1) is 0 Å². The van der Waals surface area contributed by atoms with Crippen molar-refractivity contribution in [2.24, 2.45) is 0 Å². The highest BCUT2D eigenvalue weighted by Crippen LogP contribution is 2.44. The van der Waals surface area contributed by atoms with Gasteiger partial charge >= 0.3 is 0 Å². The average Bonchev–Trinajstić information content (AvgIpc) is 3.53. The summed E-state index contributed by atoms with van der Waals surface area (Å²) in [6, 6.07) is 19.9. The van der Waals surface area contributed by atoms with E-state index in [1.807, 2.05) is 53.1 Å². The largest absolute Gasteiger partial charge is 0.496 e. The molecule has 5 rings (SSSR count). The lowest BCUT2D eigenvalue weighted by Crippen LogP contribution is -2.13. The quantitative estimate of drug-likeness (QED) is 0.333. The third-order valence-corrected chi connectivity index (χ3v) is 5.93. The van der Waals surface area contributed by atoms with E-state index in [0.717, 1.165) is 45.0 Å². The molecule has 0 spiro atoms. The van der Waals surface area contributed by atoms with E-state index < -0.39 is 0 Å². The number of nitrogens with zero attached hydrogens (tertiary/aromatic N) is 2. The van der Waals surface area contributed by atoms with Gasteiger partial charge in [0.2, 0.25) is 5.88 Å². The number of H-pyrrole nitrogens is 1. The highest BCUT2D eigenvalue weighted by Gasteiger charge is 2.29. The number of hydrogen-bond acceptors (Lipinski definition) is 4. The molecule has 3 aromatic heterocycles. The van der Waals surface area contributed by atoms with E-state index >= 15 is 0 Å². The van der Waals surface area contributed by atoms with Crippen LogP contribution >= 0.6 is 0 Å². The van der Waals surface area contributed by atoms with Crippen LogP contribution in [0.2, 0.25) is 0 Å². The first-order valence-electron chi connectivity index (χ1n) is 10.9. The van der Waals surface area contributed by atoms with Crippen molar-refractivity contribution in [3.63, 3.8) is 0 Å². The van der Waals surface area contributed by atoms with Gasteiger partial charge < -0.3 is 18.8 Å². The van der Waals surface area contributed by atoms with Crippen molar-refractivity contribution in [1.29, 1.82) is 0 Å². The molecule has 0 fully saturated rings. The highest BCUT2D eigenvalue weighted by atomic mass is 16.5. The van der Waals surface area contributed by atoms with E-state index in [9.17, 15) is 5.11 Å². The van der Waals surface area contributed by atoms with Crippen molar-refractivity contribution in [2.45, 2.75) is 32.7 Å². The molecule has 0 aliphatic heterocycles. The zero-order chi connectivity index (χ0) is 23.2. The van der Waals surface area contributed by atoms with Crippen LogP contribution in [0.1, 0.15) is 32.0 Å². The van der Waals surface area contributed by atoms with Gasteiger partial charge in [0.05, 0.1) is 36.7 Å². The van der Waals surface area contributed by atoms with Gasteiger partial charge in [0.15, 0.2) is 0 Å². The first-order chi connectivity index (χ1) is 15.9. The number of hydrogen-bond donors (Lipinski definition) is 2. The second-order valence-electron chi connectivity index (χ2n) is 9.21. The summed E-state index contributed by atoms with van der Waals surface area (Å²) in [4.78, 5) is 0. The molecule has 2 aromatic carbocycles. The minimum absolute atomic E-state index is 0.156. The maximum Gasteiger partial charge on any atom is 0.218 e. The Hall–Kier alpha value is -3.93. The minimum Gasteiger partial charge on any atom is -0.496 e. The van der Waals surface area contributed by atoms with Crippen molar-refractivity contribution >= 4 is 10.9 Å². The minimum atomic E-state index is -0.210. The summed E-state index contributed by atoms with van der Waals surface area (Å²) in [5.41, 5.74) is 5.18. The number of para-hydroxylation sites is 1. The highest BCUT2D eigenvalue weighted by molar-refractivity contribution is 6.01. The summed E-state index contributed by atoms with van der Waals surface area (Å²) < 4.78 is 13.1. The van der Waals surface area contributed by atoms with Crippen LogP contribution in [-0.2, 0) is 12.0 Å². The number of methoxy groups -OCH3 is 1. The smallest absolute Gasteiger partial charge is 0.218 e. The molecule has 0 aliphatic carbocycles. The maximum absolute atomic E-state index is 11.3. The fraction of sp³-hybridized carbons (Fsp3) is 0.222. The molecule has 6 nitrogen and oxygen atoms in total. The van der Waals surface area contributed by atoms with Crippen LogP contribution in [0.25, 0.3) is 33.5 Å². The summed E-state index contributed by atoms with van der Waals surface area (Å²) in [6.07, 6.45) is 1.67. The Labute approximate surface area is 192 Å². The van der Waals surface area contributed by atoms with Crippen molar-refractivity contribution in [3.05, 3.63) is 78.2 Å². The molecule has 0 aliphatic rings. The molecule has 0 saturated heterocycles. The number of aromatic amines is 1. The number of aromatic hydroxyl groups is 1. The topological polar surface area (TPSA) is 76.2 Å². The fourth-order valence-electron chi connectivity index (χ4n) is 4.33. The lowest BCUT2D eigenvalue weighted by atomic mass is 9.89. The number of fused-ring (bicyclic) bond motifs is 1. The van der Waals surface area contributed by atoms with Crippen molar-refractivity contribution in [1.82, 2.24) is 14.8 Å². The molecule has 0 bridgehead atoms. The third kappa shape index (κ3) is 3.57. The summed E-state index contributed by atoms with van der Waals surface area (Å²) in [5.74, 6) is 1.73. The van der Waals surface area contributed by atoms with Gasteiger partial charge in [0.1, 0.15) is 17.0 Å². The Bertz CT molecular complexity index is 1400. The molecule has 0 atom stereocenters. The normalized spacial score (nSPS) is 11.9. The second-order valence-corrected chi connectivity index (χ2v) is 9.21. The lowest BCUT2D eigenvalue weighted by Gasteiger charge is -2.18. The molecule has 168 valence electrons. The van der Waals surface area contributed by atoms with E-state index in [1.165, 1.54) is 0 Å². The Morgan fingerprint density at radius 2 is 1.79 bits per heavy atom. The second kappa shape index (κ2) is 7.89. The maximum atomic E-state index is 11.3. The van der Waals surface area contributed by atoms with Gasteiger partial charge in [0.25, 0.3) is 0 Å². The summed E-state index contributed by atoms with van der Waals surface area (Å²) in [5, 5.41) is 19.8. The number of benzene rings is 2. The fourth-order valence-corrected chi connectivity index (χ4v) is 4.33. The van der Waals surface area contributed by atoms with E-state index in [1.54, 1.807) is 13.4 Å². The molecule has 33 heavy (non-hydrogen) atoms. The van der Waals surface area contributed by atoms with E-state index in [2.05, 4.69) is 43.1 Å². The molecule has 0 unspecified atom stereocenters. The summed E-state index contributed by atoms with van der Waals surface area (Å²) in [6.45, 7) is 6.85. The first-order valence-corrected chi connectivity index (χ1v) is 10.9. The molecule has 6 heteroatoms. The Balaban J connectivity index is 1.69. The molecule has 0 saturated carbocycles. The molecular formula is C27H27N3O3. The summed E-state index contributed by atoms with van der Waals surface area (Å²) >= 11 is 0. The van der Waals surface area contributed by atoms with Crippen LogP contribution in [0.3, 0.4) is 0 Å². The van der Waals surface area contributed by atoms with Crippen LogP contribution in [0, 0.1) is 0 Å². The van der Waals surface area contributed by atoms with Crippen molar-refractivity contribution in [3.8, 4) is 34.2 Å². The van der Waals surface area contributed by atoms with Gasteiger partial charge in [-0.2, -0.15) is 5.10 Å². The van der Waals surface area contributed by atoms with Crippen LogP contribution in [-0.4, -0.2) is 27.0 Å². The predicted molar refractivity (Wildman–Crippen MR) is 130 cm³/mol. The predicted octanol–water partition coefficient (Wildman–Crippen LogP) is 6.35. The molecule has 5 aromatic rings. The van der Waals surface area contributed by atoms with Crippen LogP contribution in [0.5, 0.6) is 11.6 Å². The Morgan fingerprint density at radius 3 is 2.45 bits per heavy atom. The van der Waals surface area contributed by atoms with Crippen LogP contribution in [0.15, 0.2) is 71.3 Å². The molecule has 2 N–H and O–H groups in total. The van der Waals surface area contributed by atoms with Gasteiger partial charge in [0, 0.05) is 16.5 Å². The number of ether oxygens (including phenoxy) is 1. The van der Waals surface area contributed by atoms with Gasteiger partial charge in [-0.3, -0.25) is 5.10 Å². The first kappa shape index (κ1) is 20.9. The molecule has 3 heterocycles. The SMILES string of the molecule is COc1ccccc1-c1c2c(C(C)(C)C)n[nH]c2c(O)n1Cc1ccc(-c2ccco2)cc1. The van der Waals surface area contributed by atoms with Crippen molar-refractivity contribution in [2.75, 3.05) is 7.11 Å². The molecular weight excluding hydrogens is 414 g/mol.